The van der Waals surface area contributed by atoms with E-state index in [1.807, 2.05) is 0 Å². The van der Waals surface area contributed by atoms with Crippen molar-refractivity contribution >= 4 is 159 Å². The zero-order chi connectivity index (χ0) is 4.50. The van der Waals surface area contributed by atoms with Crippen LogP contribution in [0.25, 0.3) is 0 Å². The third-order valence-electron chi connectivity index (χ3n) is 0. The first-order valence-corrected chi connectivity index (χ1v) is 2.19. The minimum absolute atomic E-state index is 0. The molecule has 10 heavy (non-hydrogen) atoms. The van der Waals surface area contributed by atoms with Gasteiger partial charge in [0.05, 0.1) is 0 Å². The van der Waals surface area contributed by atoms with Gasteiger partial charge in [0.15, 0.2) is 0 Å². The van der Waals surface area contributed by atoms with E-state index in [2.05, 4.69) is 0 Å². The van der Waals surface area contributed by atoms with Gasteiger partial charge in [-0.25, -0.2) is 0 Å². The molecule has 0 radical (unpaired) electrons. The van der Waals surface area contributed by atoms with Crippen LogP contribution in [0.2, 0.25) is 0 Å². The Hall–Kier alpha value is 5.11. The van der Waals surface area contributed by atoms with Gasteiger partial charge in [0.2, 0.25) is 0 Å². The van der Waals surface area contributed by atoms with E-state index >= 15 is 0 Å². The molecule has 0 fully saturated rings. The zero-order valence-corrected chi connectivity index (χ0v) is 15.1. The molecule has 5 nitrogen and oxygen atoms in total. The van der Waals surface area contributed by atoms with E-state index in [0.29, 0.717) is 0 Å². The third-order valence-corrected chi connectivity index (χ3v) is 0. The molecular weight excluding hydrogens is 271 g/mol. The van der Waals surface area contributed by atoms with E-state index < -0.39 is 7.82 Å². The average Bonchev–Trinajstić information content (AvgIpc) is 0.722. The SMILES string of the molecule is O.O=P([O-])([O-])[O-].[Ca+2].[Ca+2].[Ca+2].[Ca+2]. The first-order valence-electron chi connectivity index (χ1n) is 0.730. The predicted molar refractivity (Wildman–Crippen MR) is 34.2 cm³/mol. The second-order valence-electron chi connectivity index (χ2n) is 0.447. The minimum atomic E-state index is -5.39. The molecule has 0 saturated heterocycles. The van der Waals surface area contributed by atoms with Gasteiger partial charge in [0.25, 0.3) is 0 Å². The third kappa shape index (κ3) is 73.6. The zero-order valence-electron chi connectivity index (χ0n) is 5.41. The van der Waals surface area contributed by atoms with Crippen LogP contribution in [0.5, 0.6) is 0 Å². The summed E-state index contributed by atoms with van der Waals surface area (Å²) in [7, 11) is -5.39. The molecular formula is H2Ca4O5P+5. The van der Waals surface area contributed by atoms with Gasteiger partial charge in [-0.15, -0.1) is 0 Å². The van der Waals surface area contributed by atoms with Crippen LogP contribution in [-0.4, -0.2) is 156 Å². The average molecular weight is 273 g/mol. The van der Waals surface area contributed by atoms with Crippen molar-refractivity contribution in [3.8, 4) is 0 Å². The molecule has 0 aromatic carbocycles. The van der Waals surface area contributed by atoms with Gasteiger partial charge in [-0.05, 0) is 0 Å². The molecule has 0 rings (SSSR count). The smallest absolute Gasteiger partial charge is 0.822 e. The molecule has 0 heterocycles. The summed E-state index contributed by atoms with van der Waals surface area (Å²) in [5.41, 5.74) is 0. The van der Waals surface area contributed by atoms with E-state index in [0.717, 1.165) is 0 Å². The van der Waals surface area contributed by atoms with Gasteiger partial charge in [-0.3, -0.25) is 0 Å². The Morgan fingerprint density at radius 1 is 0.800 bits per heavy atom. The molecule has 2 N–H and O–H groups in total. The molecule has 10 heteroatoms. The Balaban J connectivity index is -0.00000000800. The van der Waals surface area contributed by atoms with Crippen molar-refractivity contribution in [2.45, 2.75) is 0 Å². The predicted octanol–water partition coefficient (Wildman–Crippen LogP) is -5.17. The molecule has 0 aromatic heterocycles. The van der Waals surface area contributed by atoms with Gasteiger partial charge >= 0.3 is 151 Å². The van der Waals surface area contributed by atoms with E-state index in [1.54, 1.807) is 0 Å². The quantitative estimate of drug-likeness (QED) is 0.324. The van der Waals surface area contributed by atoms with Crippen molar-refractivity contribution in [1.82, 2.24) is 0 Å². The van der Waals surface area contributed by atoms with Gasteiger partial charge in [-0.1, -0.05) is 0 Å². The summed E-state index contributed by atoms with van der Waals surface area (Å²) in [6, 6.07) is 0. The topological polar surface area (TPSA) is 118 Å². The Morgan fingerprint density at radius 3 is 0.800 bits per heavy atom. The number of rotatable bonds is 0. The fourth-order valence-electron chi connectivity index (χ4n) is 0. The fraction of sp³-hybridized carbons (Fsp3) is 0. The van der Waals surface area contributed by atoms with Crippen molar-refractivity contribution in [2.75, 3.05) is 0 Å². The van der Waals surface area contributed by atoms with Crippen LogP contribution in [-0.2, 0) is 4.57 Å². The summed E-state index contributed by atoms with van der Waals surface area (Å²) in [6.07, 6.45) is 0. The van der Waals surface area contributed by atoms with E-state index in [1.165, 1.54) is 0 Å². The summed E-state index contributed by atoms with van der Waals surface area (Å²) < 4.78 is 8.55. The van der Waals surface area contributed by atoms with E-state index in [9.17, 15) is 0 Å². The molecule has 0 aliphatic rings. The summed E-state index contributed by atoms with van der Waals surface area (Å²) in [6.45, 7) is 0. The monoisotopic (exact) mass is 273 g/mol. The van der Waals surface area contributed by atoms with E-state index in [-0.39, 0.29) is 156 Å². The maximum atomic E-state index is 8.55. The van der Waals surface area contributed by atoms with E-state index in [4.69, 9.17) is 19.2 Å². The Bertz CT molecular complexity index is 59.8. The second-order valence-corrected chi connectivity index (χ2v) is 1.34. The maximum Gasteiger partial charge on any atom is 2.00 e. The van der Waals surface area contributed by atoms with Crippen LogP contribution >= 0.6 is 7.82 Å². The summed E-state index contributed by atoms with van der Waals surface area (Å²) in [5.74, 6) is 0. The van der Waals surface area contributed by atoms with Gasteiger partial charge < -0.3 is 24.7 Å². The molecule has 0 atom stereocenters. The minimum Gasteiger partial charge on any atom is -0.822 e. The summed E-state index contributed by atoms with van der Waals surface area (Å²) in [4.78, 5) is 25.6. The van der Waals surface area contributed by atoms with Crippen LogP contribution in [0, 0.1) is 0 Å². The van der Waals surface area contributed by atoms with Gasteiger partial charge in [0.1, 0.15) is 0 Å². The first-order chi connectivity index (χ1) is 2.00. The first kappa shape index (κ1) is 36.2. The molecule has 0 amide bonds. The van der Waals surface area contributed by atoms with Crippen molar-refractivity contribution in [1.29, 1.82) is 0 Å². The number of hydrogen-bond acceptors (Lipinski definition) is 4. The molecule has 0 spiro atoms. The van der Waals surface area contributed by atoms with Crippen molar-refractivity contribution in [3.63, 3.8) is 0 Å². The number of phosphoric acid groups is 1. The fourth-order valence-corrected chi connectivity index (χ4v) is 0. The van der Waals surface area contributed by atoms with Gasteiger partial charge in [-0.2, -0.15) is 7.82 Å². The van der Waals surface area contributed by atoms with Crippen LogP contribution in [0.4, 0.5) is 0 Å². The van der Waals surface area contributed by atoms with Crippen LogP contribution in [0.1, 0.15) is 0 Å². The Morgan fingerprint density at radius 2 is 0.800 bits per heavy atom. The second kappa shape index (κ2) is 19.6. The normalized spacial score (nSPS) is 5.90. The molecule has 0 unspecified atom stereocenters. The molecule has 0 aliphatic carbocycles. The molecule has 40 valence electrons. The van der Waals surface area contributed by atoms with Gasteiger partial charge in [0, 0.05) is 0 Å². The van der Waals surface area contributed by atoms with Crippen LogP contribution < -0.4 is 14.7 Å². The summed E-state index contributed by atoms with van der Waals surface area (Å²) in [5, 5.41) is 0. The van der Waals surface area contributed by atoms with Crippen LogP contribution in [0.3, 0.4) is 0 Å². The van der Waals surface area contributed by atoms with Crippen molar-refractivity contribution in [3.05, 3.63) is 0 Å². The molecule has 0 saturated carbocycles. The molecule has 0 bridgehead atoms. The van der Waals surface area contributed by atoms with Crippen molar-refractivity contribution < 1.29 is 24.7 Å². The Labute approximate surface area is 178 Å². The summed E-state index contributed by atoms with van der Waals surface area (Å²) >= 11 is 0. The molecule has 0 aromatic rings. The molecule has 0 aliphatic heterocycles. The standard InChI is InChI=1S/4Ca.H3O4P.H2O/c;;;;1-5(2,3)4;/h;;;;(H3,1,2,3,4);1H2/q4*+2;;/p-3. The largest absolute Gasteiger partial charge is 2.00 e. The van der Waals surface area contributed by atoms with Crippen LogP contribution in [0.15, 0.2) is 0 Å². The van der Waals surface area contributed by atoms with Crippen molar-refractivity contribution in [2.24, 2.45) is 0 Å². The number of hydrogen-bond donors (Lipinski definition) is 0. The maximum absolute atomic E-state index is 8.55. The Kier molecular flexibility index (Phi) is 71.2.